The van der Waals surface area contributed by atoms with Crippen molar-refractivity contribution in [2.24, 2.45) is 0 Å². The molecule has 1 aromatic rings. The first kappa shape index (κ1) is 12.8. The van der Waals surface area contributed by atoms with Gasteiger partial charge in [-0.05, 0) is 47.8 Å². The molecule has 0 saturated carbocycles. The number of rotatable bonds is 3. The Bertz CT molecular complexity index is 419. The summed E-state index contributed by atoms with van der Waals surface area (Å²) in [5.74, 6) is -1.81. The van der Waals surface area contributed by atoms with Crippen LogP contribution in [0.1, 0.15) is 18.4 Å². The molecule has 1 aliphatic rings. The highest BCUT2D eigenvalue weighted by molar-refractivity contribution is 9.10. The molecular formula is C12H14BrF2NO. The van der Waals surface area contributed by atoms with Crippen LogP contribution in [0.15, 0.2) is 10.5 Å². The van der Waals surface area contributed by atoms with Gasteiger partial charge in [0.1, 0.15) is 0 Å². The normalized spacial score (nSPS) is 19.6. The van der Waals surface area contributed by atoms with Gasteiger partial charge in [0.15, 0.2) is 11.6 Å². The summed E-state index contributed by atoms with van der Waals surface area (Å²) in [4.78, 5) is 0. The van der Waals surface area contributed by atoms with E-state index in [1.165, 1.54) is 7.11 Å². The first-order valence-electron chi connectivity index (χ1n) is 5.57. The van der Waals surface area contributed by atoms with Gasteiger partial charge < -0.3 is 10.1 Å². The van der Waals surface area contributed by atoms with Crippen LogP contribution < -0.4 is 10.1 Å². The van der Waals surface area contributed by atoms with Gasteiger partial charge in [-0.3, -0.25) is 0 Å². The highest BCUT2D eigenvalue weighted by Gasteiger charge is 2.22. The molecule has 1 unspecified atom stereocenters. The molecule has 1 heterocycles. The Kier molecular flexibility index (Phi) is 3.99. The Balaban J connectivity index is 2.31. The average Bonchev–Trinajstić information content (AvgIpc) is 2.79. The highest BCUT2D eigenvalue weighted by atomic mass is 79.9. The molecule has 94 valence electrons. The smallest absolute Gasteiger partial charge is 0.202 e. The van der Waals surface area contributed by atoms with E-state index in [1.54, 1.807) is 6.07 Å². The number of hydrogen-bond donors (Lipinski definition) is 1. The van der Waals surface area contributed by atoms with Gasteiger partial charge in [0.2, 0.25) is 5.82 Å². The molecule has 0 aliphatic carbocycles. The molecule has 1 saturated heterocycles. The van der Waals surface area contributed by atoms with Gasteiger partial charge in [-0.1, -0.05) is 0 Å². The second kappa shape index (κ2) is 5.31. The monoisotopic (exact) mass is 305 g/mol. The van der Waals surface area contributed by atoms with E-state index < -0.39 is 11.6 Å². The van der Waals surface area contributed by atoms with Crippen LogP contribution in [0, 0.1) is 11.6 Å². The third-order valence-electron chi connectivity index (χ3n) is 3.03. The second-order valence-corrected chi connectivity index (χ2v) is 5.03. The topological polar surface area (TPSA) is 21.3 Å². The van der Waals surface area contributed by atoms with E-state index in [0.29, 0.717) is 18.0 Å². The zero-order valence-electron chi connectivity index (χ0n) is 9.53. The van der Waals surface area contributed by atoms with E-state index in [4.69, 9.17) is 4.74 Å². The lowest BCUT2D eigenvalue weighted by molar-refractivity contribution is 0.364. The van der Waals surface area contributed by atoms with E-state index in [-0.39, 0.29) is 10.2 Å². The van der Waals surface area contributed by atoms with Crippen LogP contribution in [0.25, 0.3) is 0 Å². The maximum absolute atomic E-state index is 13.6. The van der Waals surface area contributed by atoms with Gasteiger partial charge in [-0.2, -0.15) is 4.39 Å². The van der Waals surface area contributed by atoms with Gasteiger partial charge in [-0.25, -0.2) is 4.39 Å². The SMILES string of the molecule is COc1c(CC2CCCN2)cc(Br)c(F)c1F. The molecular weight excluding hydrogens is 292 g/mol. The Morgan fingerprint density at radius 2 is 2.24 bits per heavy atom. The standard InChI is InChI=1S/C12H14BrF2NO/c1-17-12-7(5-8-3-2-4-16-8)6-9(13)10(14)11(12)15/h6,8,16H,2-5H2,1H3. The van der Waals surface area contributed by atoms with Gasteiger partial charge in [-0.15, -0.1) is 0 Å². The zero-order chi connectivity index (χ0) is 12.4. The van der Waals surface area contributed by atoms with Crippen molar-refractivity contribution < 1.29 is 13.5 Å². The number of halogens is 3. The molecule has 1 fully saturated rings. The molecule has 2 nitrogen and oxygen atoms in total. The van der Waals surface area contributed by atoms with Crippen molar-refractivity contribution in [1.82, 2.24) is 5.32 Å². The van der Waals surface area contributed by atoms with Crippen molar-refractivity contribution in [3.8, 4) is 5.75 Å². The number of benzene rings is 1. The number of nitrogens with one attached hydrogen (secondary N) is 1. The lowest BCUT2D eigenvalue weighted by atomic mass is 10.0. The minimum atomic E-state index is -0.921. The molecule has 2 rings (SSSR count). The van der Waals surface area contributed by atoms with Crippen LogP contribution in [0.2, 0.25) is 0 Å². The molecule has 1 aliphatic heterocycles. The Morgan fingerprint density at radius 1 is 1.47 bits per heavy atom. The third kappa shape index (κ3) is 2.60. The van der Waals surface area contributed by atoms with Gasteiger partial charge in [0.05, 0.1) is 11.6 Å². The van der Waals surface area contributed by atoms with E-state index in [2.05, 4.69) is 21.2 Å². The predicted molar refractivity (Wildman–Crippen MR) is 65.3 cm³/mol. The van der Waals surface area contributed by atoms with Crippen LogP contribution >= 0.6 is 15.9 Å². The number of methoxy groups -OCH3 is 1. The highest BCUT2D eigenvalue weighted by Crippen LogP contribution is 2.32. The van der Waals surface area contributed by atoms with Crippen molar-refractivity contribution in [2.45, 2.75) is 25.3 Å². The maximum Gasteiger partial charge on any atom is 0.202 e. The van der Waals surface area contributed by atoms with E-state index in [1.807, 2.05) is 0 Å². The summed E-state index contributed by atoms with van der Waals surface area (Å²) < 4.78 is 32.1. The molecule has 0 radical (unpaired) electrons. The van der Waals surface area contributed by atoms with E-state index >= 15 is 0 Å². The summed E-state index contributed by atoms with van der Waals surface area (Å²) in [6.07, 6.45) is 2.83. The predicted octanol–water partition coefficient (Wildman–Crippen LogP) is 3.03. The fraction of sp³-hybridized carbons (Fsp3) is 0.500. The summed E-state index contributed by atoms with van der Waals surface area (Å²) in [6, 6.07) is 1.91. The summed E-state index contributed by atoms with van der Waals surface area (Å²) >= 11 is 3.02. The van der Waals surface area contributed by atoms with E-state index in [9.17, 15) is 8.78 Å². The Morgan fingerprint density at radius 3 is 2.82 bits per heavy atom. The first-order valence-corrected chi connectivity index (χ1v) is 6.36. The lowest BCUT2D eigenvalue weighted by Crippen LogP contribution is -2.24. The fourth-order valence-electron chi connectivity index (χ4n) is 2.20. The Hall–Kier alpha value is -0.680. The summed E-state index contributed by atoms with van der Waals surface area (Å²) in [5.41, 5.74) is 0.692. The molecule has 1 atom stereocenters. The first-order chi connectivity index (χ1) is 8.13. The van der Waals surface area contributed by atoms with Crippen molar-refractivity contribution in [3.05, 3.63) is 27.7 Å². The van der Waals surface area contributed by atoms with Crippen molar-refractivity contribution in [2.75, 3.05) is 13.7 Å². The van der Waals surface area contributed by atoms with E-state index in [0.717, 1.165) is 19.4 Å². The van der Waals surface area contributed by atoms with Crippen LogP contribution in [0.5, 0.6) is 5.75 Å². The fourth-order valence-corrected chi connectivity index (χ4v) is 2.65. The van der Waals surface area contributed by atoms with Gasteiger partial charge in [0.25, 0.3) is 0 Å². The molecule has 5 heteroatoms. The largest absolute Gasteiger partial charge is 0.493 e. The molecule has 0 amide bonds. The average molecular weight is 306 g/mol. The zero-order valence-corrected chi connectivity index (χ0v) is 11.1. The van der Waals surface area contributed by atoms with Crippen molar-refractivity contribution in [1.29, 1.82) is 0 Å². The molecule has 0 aromatic heterocycles. The molecule has 1 aromatic carbocycles. The van der Waals surface area contributed by atoms with Crippen molar-refractivity contribution >= 4 is 15.9 Å². The van der Waals surface area contributed by atoms with Crippen LogP contribution in [0.4, 0.5) is 8.78 Å². The Labute approximate surface area is 107 Å². The van der Waals surface area contributed by atoms with Gasteiger partial charge >= 0.3 is 0 Å². The minimum Gasteiger partial charge on any atom is -0.493 e. The summed E-state index contributed by atoms with van der Waals surface area (Å²) in [5, 5.41) is 3.32. The second-order valence-electron chi connectivity index (χ2n) is 4.18. The number of ether oxygens (including phenoxy) is 1. The minimum absolute atomic E-state index is 0.0133. The van der Waals surface area contributed by atoms with Crippen LogP contribution in [0.3, 0.4) is 0 Å². The number of hydrogen-bond acceptors (Lipinski definition) is 2. The van der Waals surface area contributed by atoms with Crippen LogP contribution in [-0.2, 0) is 6.42 Å². The quantitative estimate of drug-likeness (QED) is 0.867. The molecule has 17 heavy (non-hydrogen) atoms. The van der Waals surface area contributed by atoms with Crippen molar-refractivity contribution in [3.63, 3.8) is 0 Å². The van der Waals surface area contributed by atoms with Crippen LogP contribution in [-0.4, -0.2) is 19.7 Å². The summed E-state index contributed by atoms with van der Waals surface area (Å²) in [7, 11) is 1.36. The molecule has 0 bridgehead atoms. The maximum atomic E-state index is 13.6. The lowest BCUT2D eigenvalue weighted by Gasteiger charge is -2.15. The summed E-state index contributed by atoms with van der Waals surface area (Å²) in [6.45, 7) is 0.984. The molecule has 0 spiro atoms. The third-order valence-corrected chi connectivity index (χ3v) is 3.60. The molecule has 1 N–H and O–H groups in total. The van der Waals surface area contributed by atoms with Gasteiger partial charge in [0, 0.05) is 11.6 Å².